The molecule has 10 heteroatoms. The fourth-order valence-corrected chi connectivity index (χ4v) is 4.64. The third kappa shape index (κ3) is 4.31. The molecule has 0 aromatic heterocycles. The van der Waals surface area contributed by atoms with E-state index in [0.29, 0.717) is 13.1 Å². The minimum atomic E-state index is -4.55. The number of halogens is 4. The number of amides is 1. The van der Waals surface area contributed by atoms with Crippen molar-refractivity contribution >= 4 is 33.2 Å². The highest BCUT2D eigenvalue weighted by Crippen LogP contribution is 2.31. The largest absolute Gasteiger partial charge is 0.416 e. The molecular weight excluding hydrogens is 417 g/mol. The highest BCUT2D eigenvalue weighted by Gasteiger charge is 2.31. The van der Waals surface area contributed by atoms with Crippen LogP contribution >= 0.6 is 11.6 Å². The molecule has 0 spiro atoms. The molecule has 1 fully saturated rings. The summed E-state index contributed by atoms with van der Waals surface area (Å²) in [4.78, 5) is 12.4. The summed E-state index contributed by atoms with van der Waals surface area (Å²) in [6, 6.07) is 7.85. The van der Waals surface area contributed by atoms with Gasteiger partial charge in [-0.05, 0) is 49.2 Å². The summed E-state index contributed by atoms with van der Waals surface area (Å²) in [6.07, 6.45) is -3.03. The van der Waals surface area contributed by atoms with E-state index in [2.05, 4.69) is 5.32 Å². The van der Waals surface area contributed by atoms with E-state index in [0.717, 1.165) is 37.1 Å². The molecule has 2 aromatic rings. The first-order chi connectivity index (χ1) is 13.1. The van der Waals surface area contributed by atoms with Gasteiger partial charge in [0.2, 0.25) is 10.0 Å². The van der Waals surface area contributed by atoms with Gasteiger partial charge in [0.05, 0.1) is 21.0 Å². The molecule has 0 aliphatic carbocycles. The van der Waals surface area contributed by atoms with Crippen molar-refractivity contribution in [2.75, 3.05) is 18.4 Å². The second kappa shape index (κ2) is 7.73. The quantitative estimate of drug-likeness (QED) is 0.779. The van der Waals surface area contributed by atoms with E-state index in [1.807, 2.05) is 0 Å². The number of alkyl halides is 3. The van der Waals surface area contributed by atoms with Gasteiger partial charge in [-0.15, -0.1) is 0 Å². The van der Waals surface area contributed by atoms with Crippen LogP contribution < -0.4 is 5.32 Å². The lowest BCUT2D eigenvalue weighted by molar-refractivity contribution is -0.137. The van der Waals surface area contributed by atoms with Crippen LogP contribution in [0, 0.1) is 0 Å². The molecule has 1 heterocycles. The second-order valence-electron chi connectivity index (χ2n) is 6.29. The average molecular weight is 433 g/mol. The summed E-state index contributed by atoms with van der Waals surface area (Å²) < 4.78 is 65.1. The van der Waals surface area contributed by atoms with Gasteiger partial charge in [0, 0.05) is 18.8 Å². The summed E-state index contributed by atoms with van der Waals surface area (Å²) in [7, 11) is -3.76. The first kappa shape index (κ1) is 20.6. The van der Waals surface area contributed by atoms with Gasteiger partial charge in [-0.2, -0.15) is 17.5 Å². The minimum Gasteiger partial charge on any atom is -0.322 e. The summed E-state index contributed by atoms with van der Waals surface area (Å²) in [5.41, 5.74) is -1.13. The molecule has 0 radical (unpaired) electrons. The van der Waals surface area contributed by atoms with Crippen LogP contribution in [0.2, 0.25) is 5.02 Å². The summed E-state index contributed by atoms with van der Waals surface area (Å²) in [6.45, 7) is 0.799. The Morgan fingerprint density at radius 3 is 2.39 bits per heavy atom. The predicted octanol–water partition coefficient (Wildman–Crippen LogP) is 4.40. The molecule has 28 heavy (non-hydrogen) atoms. The van der Waals surface area contributed by atoms with Crippen LogP contribution in [0.25, 0.3) is 0 Å². The molecule has 1 saturated heterocycles. The Morgan fingerprint density at radius 2 is 1.75 bits per heavy atom. The van der Waals surface area contributed by atoms with E-state index < -0.39 is 27.7 Å². The van der Waals surface area contributed by atoms with E-state index in [-0.39, 0.29) is 21.2 Å². The third-order valence-electron chi connectivity index (χ3n) is 4.33. The Kier molecular flexibility index (Phi) is 5.69. The molecule has 1 aliphatic heterocycles. The van der Waals surface area contributed by atoms with Crippen molar-refractivity contribution in [3.05, 3.63) is 58.6 Å². The van der Waals surface area contributed by atoms with Gasteiger partial charge in [-0.1, -0.05) is 17.7 Å². The highest BCUT2D eigenvalue weighted by atomic mass is 35.5. The minimum absolute atomic E-state index is 0.00940. The van der Waals surface area contributed by atoms with Gasteiger partial charge in [0.1, 0.15) is 0 Å². The van der Waals surface area contributed by atoms with Crippen molar-refractivity contribution < 1.29 is 26.4 Å². The molecular formula is C18H16ClF3N2O3S. The number of rotatable bonds is 4. The van der Waals surface area contributed by atoms with Crippen LogP contribution in [-0.2, 0) is 16.2 Å². The van der Waals surface area contributed by atoms with E-state index in [9.17, 15) is 26.4 Å². The molecule has 1 N–H and O–H groups in total. The van der Waals surface area contributed by atoms with E-state index in [1.54, 1.807) is 0 Å². The third-order valence-corrected chi connectivity index (χ3v) is 6.56. The number of hydrogen-bond donors (Lipinski definition) is 1. The molecule has 5 nitrogen and oxygen atoms in total. The van der Waals surface area contributed by atoms with Crippen LogP contribution in [0.5, 0.6) is 0 Å². The molecule has 0 atom stereocenters. The Bertz CT molecular complexity index is 1000. The zero-order valence-corrected chi connectivity index (χ0v) is 16.0. The molecule has 3 rings (SSSR count). The van der Waals surface area contributed by atoms with Gasteiger partial charge >= 0.3 is 6.18 Å². The summed E-state index contributed by atoms with van der Waals surface area (Å²) in [5.74, 6) is -0.803. The number of nitrogens with zero attached hydrogens (tertiary/aromatic N) is 1. The monoisotopic (exact) mass is 432 g/mol. The Labute approximate surface area is 165 Å². The normalized spacial score (nSPS) is 15.6. The number of sulfonamides is 1. The number of carbonyl (C=O) groups excluding carboxylic acids is 1. The predicted molar refractivity (Wildman–Crippen MR) is 98.8 cm³/mol. The fourth-order valence-electron chi connectivity index (χ4n) is 2.89. The second-order valence-corrected chi connectivity index (χ2v) is 8.63. The van der Waals surface area contributed by atoms with Gasteiger partial charge in [0.25, 0.3) is 5.91 Å². The number of benzene rings is 2. The van der Waals surface area contributed by atoms with Crippen molar-refractivity contribution in [3.63, 3.8) is 0 Å². The number of carbonyl (C=O) groups is 1. The fraction of sp³-hybridized carbons (Fsp3) is 0.278. The number of nitrogens with one attached hydrogen (secondary N) is 1. The summed E-state index contributed by atoms with van der Waals surface area (Å²) in [5, 5.41) is 2.32. The lowest BCUT2D eigenvalue weighted by Crippen LogP contribution is -2.28. The van der Waals surface area contributed by atoms with Crippen molar-refractivity contribution in [1.29, 1.82) is 0 Å². The van der Waals surface area contributed by atoms with Gasteiger partial charge in [-0.25, -0.2) is 8.42 Å². The topological polar surface area (TPSA) is 66.5 Å². The van der Waals surface area contributed by atoms with Crippen molar-refractivity contribution in [3.8, 4) is 0 Å². The number of hydrogen-bond acceptors (Lipinski definition) is 3. The van der Waals surface area contributed by atoms with Crippen LogP contribution in [0.4, 0.5) is 18.9 Å². The lowest BCUT2D eigenvalue weighted by Gasteiger charge is -2.16. The standard InChI is InChI=1S/C18H16ClF3N2O3S/c19-16-7-6-14(28(26,27)24-8-1-2-9-24)11-15(16)17(25)23-13-5-3-4-12(10-13)18(20,21)22/h3-7,10-11H,1-2,8-9H2,(H,23,25). The molecule has 0 unspecified atom stereocenters. The Balaban J connectivity index is 1.88. The van der Waals surface area contributed by atoms with Crippen molar-refractivity contribution in [2.45, 2.75) is 23.9 Å². The van der Waals surface area contributed by atoms with Crippen LogP contribution in [0.15, 0.2) is 47.4 Å². The molecule has 1 amide bonds. The first-order valence-electron chi connectivity index (χ1n) is 8.37. The maximum Gasteiger partial charge on any atom is 0.416 e. The zero-order valence-electron chi connectivity index (χ0n) is 14.5. The van der Waals surface area contributed by atoms with Crippen LogP contribution in [0.1, 0.15) is 28.8 Å². The van der Waals surface area contributed by atoms with E-state index in [1.165, 1.54) is 22.5 Å². The molecule has 150 valence electrons. The zero-order chi connectivity index (χ0) is 20.5. The smallest absolute Gasteiger partial charge is 0.322 e. The summed E-state index contributed by atoms with van der Waals surface area (Å²) >= 11 is 6.02. The molecule has 2 aromatic carbocycles. The van der Waals surface area contributed by atoms with Crippen LogP contribution in [0.3, 0.4) is 0 Å². The van der Waals surface area contributed by atoms with Gasteiger partial charge in [0.15, 0.2) is 0 Å². The van der Waals surface area contributed by atoms with Crippen LogP contribution in [-0.4, -0.2) is 31.7 Å². The molecule has 0 bridgehead atoms. The average Bonchev–Trinajstić information content (AvgIpc) is 3.17. The molecule has 1 aliphatic rings. The maximum absolute atomic E-state index is 12.8. The molecule has 0 saturated carbocycles. The van der Waals surface area contributed by atoms with E-state index >= 15 is 0 Å². The van der Waals surface area contributed by atoms with Crippen molar-refractivity contribution in [1.82, 2.24) is 4.31 Å². The Hall–Kier alpha value is -2.10. The Morgan fingerprint density at radius 1 is 1.07 bits per heavy atom. The van der Waals surface area contributed by atoms with Gasteiger partial charge < -0.3 is 5.32 Å². The lowest BCUT2D eigenvalue weighted by atomic mass is 10.1. The maximum atomic E-state index is 12.8. The first-order valence-corrected chi connectivity index (χ1v) is 10.2. The van der Waals surface area contributed by atoms with Crippen molar-refractivity contribution in [2.24, 2.45) is 0 Å². The number of anilines is 1. The van der Waals surface area contributed by atoms with Gasteiger partial charge in [-0.3, -0.25) is 4.79 Å². The highest BCUT2D eigenvalue weighted by molar-refractivity contribution is 7.89. The van der Waals surface area contributed by atoms with E-state index in [4.69, 9.17) is 11.6 Å². The SMILES string of the molecule is O=C(Nc1cccc(C(F)(F)F)c1)c1cc(S(=O)(=O)N2CCCC2)ccc1Cl.